The largest absolute Gasteiger partial charge is 0.497 e. The van der Waals surface area contributed by atoms with E-state index in [4.69, 9.17) is 14.4 Å². The third kappa shape index (κ3) is 4.08. The van der Waals surface area contributed by atoms with Crippen LogP contribution in [0.4, 0.5) is 0 Å². The van der Waals surface area contributed by atoms with Crippen molar-refractivity contribution >= 4 is 17.8 Å². The lowest BCUT2D eigenvalue weighted by Gasteiger charge is -2.26. The minimum Gasteiger partial charge on any atom is -0.497 e. The number of benzene rings is 1. The van der Waals surface area contributed by atoms with Gasteiger partial charge in [0.15, 0.2) is 5.69 Å². The molecule has 0 fully saturated rings. The van der Waals surface area contributed by atoms with E-state index in [1.165, 1.54) is 0 Å². The van der Waals surface area contributed by atoms with E-state index in [1.807, 2.05) is 0 Å². The number of carbonyl (C=O) groups is 3. The maximum atomic E-state index is 12.7. The third-order valence-electron chi connectivity index (χ3n) is 4.29. The number of aliphatic carboxylic acids is 1. The summed E-state index contributed by atoms with van der Waals surface area (Å²) < 4.78 is 10.3. The number of fused-ring (bicyclic) bond motifs is 1. The molecule has 1 aromatic heterocycles. The second kappa shape index (κ2) is 7.90. The lowest BCUT2D eigenvalue weighted by Crippen LogP contribution is -2.37. The van der Waals surface area contributed by atoms with Crippen molar-refractivity contribution < 1.29 is 28.8 Å². The fraction of sp³-hybridized carbons (Fsp3) is 0.333. The highest BCUT2D eigenvalue weighted by atomic mass is 16.5. The predicted octanol–water partition coefficient (Wildman–Crippen LogP) is 1.09. The summed E-state index contributed by atoms with van der Waals surface area (Å²) in [6.45, 7) is 0.642. The molecule has 2 amide bonds. The minimum atomic E-state index is -1.01. The first-order chi connectivity index (χ1) is 13.0. The number of ether oxygens (including phenoxy) is 1. The SMILES string of the molecule is COc1ccc(C(=O)N2CCc3onc(C(=O)NCCC(=O)O)c3C2)cc1. The smallest absolute Gasteiger partial charge is 0.305 e. The Morgan fingerprint density at radius 1 is 1.30 bits per heavy atom. The quantitative estimate of drug-likeness (QED) is 0.777. The highest BCUT2D eigenvalue weighted by molar-refractivity contribution is 5.96. The first-order valence-electron chi connectivity index (χ1n) is 8.40. The van der Waals surface area contributed by atoms with Crippen LogP contribution in [0.5, 0.6) is 5.75 Å². The third-order valence-corrected chi connectivity index (χ3v) is 4.29. The van der Waals surface area contributed by atoms with Crippen LogP contribution in [0.15, 0.2) is 28.8 Å². The van der Waals surface area contributed by atoms with Crippen LogP contribution in [0.3, 0.4) is 0 Å². The summed E-state index contributed by atoms with van der Waals surface area (Å²) in [6, 6.07) is 6.79. The highest BCUT2D eigenvalue weighted by Crippen LogP contribution is 2.24. The normalized spacial score (nSPS) is 13.0. The van der Waals surface area contributed by atoms with E-state index >= 15 is 0 Å². The Bertz CT molecular complexity index is 858. The van der Waals surface area contributed by atoms with Crippen LogP contribution in [0.2, 0.25) is 0 Å². The molecular weight excluding hydrogens is 354 g/mol. The van der Waals surface area contributed by atoms with Crippen LogP contribution in [-0.2, 0) is 17.8 Å². The van der Waals surface area contributed by atoms with E-state index in [0.717, 1.165) is 0 Å². The molecule has 2 heterocycles. The average Bonchev–Trinajstić information content (AvgIpc) is 3.10. The van der Waals surface area contributed by atoms with E-state index in [0.29, 0.717) is 35.6 Å². The van der Waals surface area contributed by atoms with Crippen molar-refractivity contribution in [2.24, 2.45) is 0 Å². The number of hydrogen-bond acceptors (Lipinski definition) is 6. The molecule has 0 bridgehead atoms. The second-order valence-corrected chi connectivity index (χ2v) is 6.04. The Hall–Kier alpha value is -3.36. The van der Waals surface area contributed by atoms with Gasteiger partial charge in [0.05, 0.1) is 20.1 Å². The van der Waals surface area contributed by atoms with Gasteiger partial charge in [0, 0.05) is 30.6 Å². The fourth-order valence-corrected chi connectivity index (χ4v) is 2.84. The molecule has 0 spiro atoms. The van der Waals surface area contributed by atoms with Gasteiger partial charge in [0.25, 0.3) is 11.8 Å². The molecule has 0 saturated heterocycles. The number of carbonyl (C=O) groups excluding carboxylic acids is 2. The Morgan fingerprint density at radius 2 is 2.04 bits per heavy atom. The van der Waals surface area contributed by atoms with Gasteiger partial charge in [0.1, 0.15) is 11.5 Å². The van der Waals surface area contributed by atoms with Crippen LogP contribution in [0.25, 0.3) is 0 Å². The van der Waals surface area contributed by atoms with Gasteiger partial charge in [-0.3, -0.25) is 14.4 Å². The molecule has 2 N–H and O–H groups in total. The number of hydrogen-bond donors (Lipinski definition) is 2. The number of amides is 2. The molecule has 1 aromatic carbocycles. The number of nitrogens with one attached hydrogen (secondary N) is 1. The Kier molecular flexibility index (Phi) is 5.39. The van der Waals surface area contributed by atoms with Crippen LogP contribution in [-0.4, -0.2) is 53.1 Å². The molecule has 1 aliphatic rings. The van der Waals surface area contributed by atoms with E-state index in [2.05, 4.69) is 10.5 Å². The van der Waals surface area contributed by atoms with Crippen molar-refractivity contribution in [1.82, 2.24) is 15.4 Å². The molecule has 0 aliphatic carbocycles. The van der Waals surface area contributed by atoms with Crippen molar-refractivity contribution in [3.8, 4) is 5.75 Å². The summed E-state index contributed by atoms with van der Waals surface area (Å²) in [5, 5.41) is 14.9. The summed E-state index contributed by atoms with van der Waals surface area (Å²) in [7, 11) is 1.55. The highest BCUT2D eigenvalue weighted by Gasteiger charge is 2.30. The molecule has 27 heavy (non-hydrogen) atoms. The molecule has 9 nitrogen and oxygen atoms in total. The molecule has 142 valence electrons. The molecule has 0 radical (unpaired) electrons. The van der Waals surface area contributed by atoms with Crippen molar-refractivity contribution in [3.05, 3.63) is 46.8 Å². The molecule has 0 atom stereocenters. The first-order valence-corrected chi connectivity index (χ1v) is 8.40. The van der Waals surface area contributed by atoms with Gasteiger partial charge in [-0.25, -0.2) is 0 Å². The fourth-order valence-electron chi connectivity index (χ4n) is 2.84. The van der Waals surface area contributed by atoms with E-state index in [1.54, 1.807) is 36.3 Å². The number of carboxylic acid groups (broad SMARTS) is 1. The molecule has 1 aliphatic heterocycles. The Balaban J connectivity index is 1.71. The van der Waals surface area contributed by atoms with E-state index in [9.17, 15) is 14.4 Å². The standard InChI is InChI=1S/C18H19N3O6/c1-26-12-4-2-11(3-5-12)18(25)21-9-7-14-13(10-21)16(20-27-14)17(24)19-8-6-15(22)23/h2-5H,6-10H2,1H3,(H,19,24)(H,22,23). The van der Waals surface area contributed by atoms with Gasteiger partial charge in [-0.1, -0.05) is 5.16 Å². The van der Waals surface area contributed by atoms with Gasteiger partial charge in [-0.2, -0.15) is 0 Å². The number of carboxylic acids is 1. The summed E-state index contributed by atoms with van der Waals surface area (Å²) in [5.74, 6) is -0.459. The van der Waals surface area contributed by atoms with E-state index in [-0.39, 0.29) is 31.1 Å². The molecular formula is C18H19N3O6. The Labute approximate surface area is 154 Å². The van der Waals surface area contributed by atoms with Crippen molar-refractivity contribution in [1.29, 1.82) is 0 Å². The zero-order valence-corrected chi connectivity index (χ0v) is 14.7. The zero-order chi connectivity index (χ0) is 19.4. The van der Waals surface area contributed by atoms with Gasteiger partial charge < -0.3 is 24.6 Å². The molecule has 0 saturated carbocycles. The van der Waals surface area contributed by atoms with Crippen molar-refractivity contribution in [2.45, 2.75) is 19.4 Å². The number of aromatic nitrogens is 1. The zero-order valence-electron chi connectivity index (χ0n) is 14.7. The lowest BCUT2D eigenvalue weighted by atomic mass is 10.0. The van der Waals surface area contributed by atoms with Crippen LogP contribution < -0.4 is 10.1 Å². The molecule has 9 heteroatoms. The number of rotatable bonds is 6. The van der Waals surface area contributed by atoms with Gasteiger partial charge >= 0.3 is 5.97 Å². The van der Waals surface area contributed by atoms with Crippen molar-refractivity contribution in [2.75, 3.05) is 20.2 Å². The lowest BCUT2D eigenvalue weighted by molar-refractivity contribution is -0.136. The number of methoxy groups -OCH3 is 1. The predicted molar refractivity (Wildman–Crippen MR) is 92.5 cm³/mol. The number of nitrogens with zero attached hydrogens (tertiary/aromatic N) is 2. The van der Waals surface area contributed by atoms with Gasteiger partial charge in [-0.15, -0.1) is 0 Å². The summed E-state index contributed by atoms with van der Waals surface area (Å²) in [4.78, 5) is 37.1. The van der Waals surface area contributed by atoms with Crippen LogP contribution in [0, 0.1) is 0 Å². The molecule has 0 unspecified atom stereocenters. The van der Waals surface area contributed by atoms with Gasteiger partial charge in [-0.05, 0) is 24.3 Å². The van der Waals surface area contributed by atoms with Crippen molar-refractivity contribution in [3.63, 3.8) is 0 Å². The first kappa shape index (κ1) is 18.4. The molecule has 3 rings (SSSR count). The minimum absolute atomic E-state index is 0.00963. The summed E-state index contributed by atoms with van der Waals surface area (Å²) in [6.07, 6.45) is 0.264. The topological polar surface area (TPSA) is 122 Å². The summed E-state index contributed by atoms with van der Waals surface area (Å²) in [5.41, 5.74) is 1.15. The van der Waals surface area contributed by atoms with Gasteiger partial charge in [0.2, 0.25) is 0 Å². The Morgan fingerprint density at radius 3 is 2.70 bits per heavy atom. The maximum Gasteiger partial charge on any atom is 0.305 e. The van der Waals surface area contributed by atoms with E-state index < -0.39 is 11.9 Å². The molecule has 2 aromatic rings. The average molecular weight is 373 g/mol. The second-order valence-electron chi connectivity index (χ2n) is 6.04. The van der Waals surface area contributed by atoms with Crippen LogP contribution in [0.1, 0.15) is 38.6 Å². The maximum absolute atomic E-state index is 12.7. The summed E-state index contributed by atoms with van der Waals surface area (Å²) >= 11 is 0. The monoisotopic (exact) mass is 373 g/mol. The van der Waals surface area contributed by atoms with Crippen LogP contribution >= 0.6 is 0 Å².